The van der Waals surface area contributed by atoms with Gasteiger partial charge >= 0.3 is 0 Å². The van der Waals surface area contributed by atoms with Crippen LogP contribution in [-0.2, 0) is 6.42 Å². The smallest absolute Gasteiger partial charge is 0.0361 e. The van der Waals surface area contributed by atoms with Crippen molar-refractivity contribution in [1.29, 1.82) is 0 Å². The van der Waals surface area contributed by atoms with Crippen LogP contribution in [0.3, 0.4) is 0 Å². The Morgan fingerprint density at radius 1 is 0.952 bits per heavy atom. The standard InChI is InChI=1S/C19H26N2/c1-13-10-14(2)18(15(3)11-13)12-19(20)16-6-8-17(9-7-16)21(4)5/h6-11,19H,12,20H2,1-5H3. The Kier molecular flexibility index (Phi) is 4.69. The highest BCUT2D eigenvalue weighted by Gasteiger charge is 2.11. The summed E-state index contributed by atoms with van der Waals surface area (Å²) in [5, 5.41) is 0. The van der Waals surface area contributed by atoms with Crippen molar-refractivity contribution >= 4 is 5.69 Å². The van der Waals surface area contributed by atoms with E-state index in [9.17, 15) is 0 Å². The molecule has 0 aliphatic rings. The van der Waals surface area contributed by atoms with E-state index >= 15 is 0 Å². The monoisotopic (exact) mass is 282 g/mol. The molecule has 0 spiro atoms. The lowest BCUT2D eigenvalue weighted by molar-refractivity contribution is 0.715. The molecule has 2 aromatic rings. The van der Waals surface area contributed by atoms with Crippen molar-refractivity contribution in [2.75, 3.05) is 19.0 Å². The Labute approximate surface area is 128 Å². The first-order valence-corrected chi connectivity index (χ1v) is 7.48. The maximum absolute atomic E-state index is 6.42. The Hall–Kier alpha value is -1.80. The Morgan fingerprint density at radius 2 is 1.48 bits per heavy atom. The molecule has 2 aromatic carbocycles. The van der Waals surface area contributed by atoms with Gasteiger partial charge in [0.15, 0.2) is 0 Å². The third kappa shape index (κ3) is 3.64. The normalized spacial score (nSPS) is 12.3. The number of rotatable bonds is 4. The van der Waals surface area contributed by atoms with Crippen molar-refractivity contribution in [3.8, 4) is 0 Å². The lowest BCUT2D eigenvalue weighted by Gasteiger charge is -2.18. The highest BCUT2D eigenvalue weighted by molar-refractivity contribution is 5.47. The molecule has 0 aliphatic carbocycles. The minimum atomic E-state index is 0.0429. The highest BCUT2D eigenvalue weighted by Crippen LogP contribution is 2.24. The first-order valence-electron chi connectivity index (χ1n) is 7.48. The molecule has 0 amide bonds. The quantitative estimate of drug-likeness (QED) is 0.921. The van der Waals surface area contributed by atoms with Crippen molar-refractivity contribution < 1.29 is 0 Å². The minimum Gasteiger partial charge on any atom is -0.378 e. The average molecular weight is 282 g/mol. The van der Waals surface area contributed by atoms with Gasteiger partial charge in [0.2, 0.25) is 0 Å². The zero-order valence-electron chi connectivity index (χ0n) is 13.8. The molecule has 0 saturated carbocycles. The third-order valence-electron chi connectivity index (χ3n) is 4.10. The van der Waals surface area contributed by atoms with E-state index in [1.807, 2.05) is 14.1 Å². The molecule has 0 bridgehead atoms. The van der Waals surface area contributed by atoms with Gasteiger partial charge < -0.3 is 10.6 Å². The summed E-state index contributed by atoms with van der Waals surface area (Å²) in [6.07, 6.45) is 0.888. The van der Waals surface area contributed by atoms with Crippen LogP contribution in [0.5, 0.6) is 0 Å². The van der Waals surface area contributed by atoms with Gasteiger partial charge in [-0.25, -0.2) is 0 Å². The van der Waals surface area contributed by atoms with Crippen LogP contribution < -0.4 is 10.6 Å². The fourth-order valence-electron chi connectivity index (χ4n) is 2.89. The van der Waals surface area contributed by atoms with E-state index in [1.165, 1.54) is 33.5 Å². The third-order valence-corrected chi connectivity index (χ3v) is 4.10. The Bertz CT molecular complexity index is 589. The van der Waals surface area contributed by atoms with Gasteiger partial charge in [0.1, 0.15) is 0 Å². The molecule has 2 heteroatoms. The minimum absolute atomic E-state index is 0.0429. The lowest BCUT2D eigenvalue weighted by atomic mass is 9.92. The number of hydrogen-bond acceptors (Lipinski definition) is 2. The number of nitrogens with two attached hydrogens (primary N) is 1. The van der Waals surface area contributed by atoms with Crippen LogP contribution >= 0.6 is 0 Å². The lowest BCUT2D eigenvalue weighted by Crippen LogP contribution is -2.15. The van der Waals surface area contributed by atoms with Crippen LogP contribution in [0.2, 0.25) is 0 Å². The van der Waals surface area contributed by atoms with E-state index in [4.69, 9.17) is 5.73 Å². The first-order chi connectivity index (χ1) is 9.88. The van der Waals surface area contributed by atoms with E-state index in [1.54, 1.807) is 0 Å². The van der Waals surface area contributed by atoms with Crippen LogP contribution in [-0.4, -0.2) is 14.1 Å². The molecule has 2 rings (SSSR count). The van der Waals surface area contributed by atoms with Crippen LogP contribution in [0.1, 0.15) is 33.9 Å². The fourth-order valence-corrected chi connectivity index (χ4v) is 2.89. The topological polar surface area (TPSA) is 29.3 Å². The molecular formula is C19H26N2. The SMILES string of the molecule is Cc1cc(C)c(CC(N)c2ccc(N(C)C)cc2)c(C)c1. The molecule has 2 nitrogen and oxygen atoms in total. The summed E-state index contributed by atoms with van der Waals surface area (Å²) in [7, 11) is 4.10. The maximum Gasteiger partial charge on any atom is 0.0361 e. The van der Waals surface area contributed by atoms with Gasteiger partial charge in [0, 0.05) is 25.8 Å². The van der Waals surface area contributed by atoms with Gasteiger partial charge in [-0.2, -0.15) is 0 Å². The summed E-state index contributed by atoms with van der Waals surface area (Å²) in [5.74, 6) is 0. The molecule has 1 atom stereocenters. The van der Waals surface area contributed by atoms with Crippen LogP contribution in [0, 0.1) is 20.8 Å². The molecule has 0 saturated heterocycles. The summed E-state index contributed by atoms with van der Waals surface area (Å²) in [5.41, 5.74) is 14.2. The van der Waals surface area contributed by atoms with Gasteiger partial charge in [-0.15, -0.1) is 0 Å². The van der Waals surface area contributed by atoms with Gasteiger partial charge in [0.25, 0.3) is 0 Å². The molecule has 0 aromatic heterocycles. The van der Waals surface area contributed by atoms with E-state index in [2.05, 4.69) is 62.1 Å². The number of benzene rings is 2. The first kappa shape index (κ1) is 15.6. The van der Waals surface area contributed by atoms with Gasteiger partial charge in [-0.3, -0.25) is 0 Å². The van der Waals surface area contributed by atoms with E-state index in [-0.39, 0.29) is 6.04 Å². The van der Waals surface area contributed by atoms with Crippen LogP contribution in [0.4, 0.5) is 5.69 Å². The van der Waals surface area contributed by atoms with Crippen LogP contribution in [0.25, 0.3) is 0 Å². The Balaban J connectivity index is 2.20. The summed E-state index contributed by atoms with van der Waals surface area (Å²) in [4.78, 5) is 2.10. The van der Waals surface area contributed by atoms with Crippen molar-refractivity contribution in [3.63, 3.8) is 0 Å². The second-order valence-electron chi connectivity index (χ2n) is 6.17. The Morgan fingerprint density at radius 3 is 1.95 bits per heavy atom. The van der Waals surface area contributed by atoms with Gasteiger partial charge in [-0.05, 0) is 61.6 Å². The van der Waals surface area contributed by atoms with Gasteiger partial charge in [-0.1, -0.05) is 29.8 Å². The zero-order chi connectivity index (χ0) is 15.6. The summed E-state index contributed by atoms with van der Waals surface area (Å²) >= 11 is 0. The molecular weight excluding hydrogens is 256 g/mol. The molecule has 21 heavy (non-hydrogen) atoms. The summed E-state index contributed by atoms with van der Waals surface area (Å²) in [6.45, 7) is 6.50. The zero-order valence-corrected chi connectivity index (χ0v) is 13.8. The molecule has 112 valence electrons. The van der Waals surface area contributed by atoms with E-state index in [0.29, 0.717) is 0 Å². The predicted molar refractivity (Wildman–Crippen MR) is 92.1 cm³/mol. The van der Waals surface area contributed by atoms with Crippen molar-refractivity contribution in [2.45, 2.75) is 33.2 Å². The number of aryl methyl sites for hydroxylation is 3. The fraction of sp³-hybridized carbons (Fsp3) is 0.368. The largest absolute Gasteiger partial charge is 0.378 e. The number of hydrogen-bond donors (Lipinski definition) is 1. The molecule has 1 unspecified atom stereocenters. The van der Waals surface area contributed by atoms with Gasteiger partial charge in [0.05, 0.1) is 0 Å². The molecule has 0 heterocycles. The predicted octanol–water partition coefficient (Wildman–Crippen LogP) is 3.92. The van der Waals surface area contributed by atoms with Crippen molar-refractivity contribution in [1.82, 2.24) is 0 Å². The molecule has 0 aliphatic heterocycles. The molecule has 2 N–H and O–H groups in total. The highest BCUT2D eigenvalue weighted by atomic mass is 15.1. The summed E-state index contributed by atoms with van der Waals surface area (Å²) in [6, 6.07) is 13.1. The van der Waals surface area contributed by atoms with Crippen LogP contribution in [0.15, 0.2) is 36.4 Å². The van der Waals surface area contributed by atoms with Crippen molar-refractivity contribution in [3.05, 3.63) is 64.2 Å². The second-order valence-corrected chi connectivity index (χ2v) is 6.17. The summed E-state index contributed by atoms with van der Waals surface area (Å²) < 4.78 is 0. The number of nitrogens with zero attached hydrogens (tertiary/aromatic N) is 1. The average Bonchev–Trinajstić information content (AvgIpc) is 2.42. The molecule has 0 fully saturated rings. The van der Waals surface area contributed by atoms with E-state index < -0.39 is 0 Å². The van der Waals surface area contributed by atoms with E-state index in [0.717, 1.165) is 6.42 Å². The van der Waals surface area contributed by atoms with Crippen molar-refractivity contribution in [2.24, 2.45) is 5.73 Å². The number of anilines is 1. The second kappa shape index (κ2) is 6.31. The maximum atomic E-state index is 6.42. The molecule has 0 radical (unpaired) electrons.